The maximum atomic E-state index is 12.6. The van der Waals surface area contributed by atoms with Gasteiger partial charge in [-0.2, -0.15) is 0 Å². The Bertz CT molecular complexity index is 639. The van der Waals surface area contributed by atoms with Crippen LogP contribution in [-0.4, -0.2) is 72.8 Å². The number of morpholine rings is 1. The second-order valence-electron chi connectivity index (χ2n) is 5.82. The van der Waals surface area contributed by atoms with Gasteiger partial charge in [-0.1, -0.05) is 11.2 Å². The Morgan fingerprint density at radius 3 is 2.74 bits per heavy atom. The van der Waals surface area contributed by atoms with E-state index in [1.807, 2.05) is 17.5 Å². The maximum Gasteiger partial charge on any atom is 0.272 e. The lowest BCUT2D eigenvalue weighted by Gasteiger charge is -2.27. The van der Waals surface area contributed by atoms with Crippen molar-refractivity contribution in [1.29, 1.82) is 0 Å². The molecule has 0 bridgehead atoms. The number of nitrogens with zero attached hydrogens (tertiary/aromatic N) is 3. The number of rotatable bonds is 2. The Labute approximate surface area is 137 Å². The minimum Gasteiger partial charge on any atom is -0.389 e. The van der Waals surface area contributed by atoms with E-state index in [9.17, 15) is 9.59 Å². The molecule has 8 heteroatoms. The van der Waals surface area contributed by atoms with Crippen LogP contribution in [0.1, 0.15) is 9.67 Å². The van der Waals surface area contributed by atoms with Gasteiger partial charge in [-0.3, -0.25) is 9.59 Å². The first-order valence-corrected chi connectivity index (χ1v) is 8.55. The molecule has 3 aliphatic rings. The summed E-state index contributed by atoms with van der Waals surface area (Å²) in [6.45, 7) is 3.22. The molecule has 0 N–H and O–H groups in total. The number of thiophene rings is 1. The monoisotopic (exact) mass is 335 g/mol. The Morgan fingerprint density at radius 2 is 2.00 bits per heavy atom. The molecule has 2 saturated heterocycles. The summed E-state index contributed by atoms with van der Waals surface area (Å²) >= 11 is 1.42. The van der Waals surface area contributed by atoms with Gasteiger partial charge in [0.25, 0.3) is 11.8 Å². The Hall–Kier alpha value is -1.93. The number of carbonyl (C=O) groups excluding carboxylic acids is 2. The van der Waals surface area contributed by atoms with Crippen LogP contribution in [-0.2, 0) is 14.4 Å². The van der Waals surface area contributed by atoms with Crippen LogP contribution in [0, 0.1) is 5.92 Å². The van der Waals surface area contributed by atoms with Crippen molar-refractivity contribution in [2.24, 2.45) is 11.1 Å². The predicted octanol–water partition coefficient (Wildman–Crippen LogP) is 0.434. The van der Waals surface area contributed by atoms with Crippen LogP contribution >= 0.6 is 11.3 Å². The molecule has 4 rings (SSSR count). The molecule has 1 aromatic heterocycles. The van der Waals surface area contributed by atoms with Crippen molar-refractivity contribution < 1.29 is 19.2 Å². The quantitative estimate of drug-likeness (QED) is 0.786. The third kappa shape index (κ3) is 2.61. The molecular weight excluding hydrogens is 318 g/mol. The fourth-order valence-corrected chi connectivity index (χ4v) is 3.87. The Morgan fingerprint density at radius 1 is 1.17 bits per heavy atom. The highest BCUT2D eigenvalue weighted by Crippen LogP contribution is 2.29. The van der Waals surface area contributed by atoms with Crippen LogP contribution in [0.15, 0.2) is 22.7 Å². The molecule has 0 aromatic carbocycles. The molecule has 122 valence electrons. The van der Waals surface area contributed by atoms with Crippen LogP contribution in [0.2, 0.25) is 0 Å². The highest BCUT2D eigenvalue weighted by Gasteiger charge is 2.47. The molecule has 2 atom stereocenters. The summed E-state index contributed by atoms with van der Waals surface area (Å²) < 4.78 is 5.27. The lowest BCUT2D eigenvalue weighted by atomic mass is 10.00. The van der Waals surface area contributed by atoms with Gasteiger partial charge in [0.2, 0.25) is 0 Å². The number of hydrogen-bond acceptors (Lipinski definition) is 6. The van der Waals surface area contributed by atoms with Gasteiger partial charge in [0, 0.05) is 19.6 Å². The first kappa shape index (κ1) is 14.6. The summed E-state index contributed by atoms with van der Waals surface area (Å²) in [5.41, 5.74) is 0.443. The minimum atomic E-state index is -0.209. The zero-order chi connectivity index (χ0) is 15.8. The molecule has 2 amide bonds. The van der Waals surface area contributed by atoms with Gasteiger partial charge >= 0.3 is 0 Å². The van der Waals surface area contributed by atoms with E-state index in [0.717, 1.165) is 0 Å². The second kappa shape index (κ2) is 5.93. The Balaban J connectivity index is 1.45. The fourth-order valence-electron chi connectivity index (χ4n) is 3.18. The van der Waals surface area contributed by atoms with Crippen LogP contribution < -0.4 is 0 Å². The number of fused-ring (bicyclic) bond motifs is 1. The van der Waals surface area contributed by atoms with E-state index < -0.39 is 0 Å². The average molecular weight is 335 g/mol. The Kier molecular flexibility index (Phi) is 3.78. The highest BCUT2D eigenvalue weighted by molar-refractivity contribution is 7.12. The van der Waals surface area contributed by atoms with Crippen LogP contribution in [0.4, 0.5) is 0 Å². The zero-order valence-corrected chi connectivity index (χ0v) is 13.3. The average Bonchev–Trinajstić information content (AvgIpc) is 3.30. The lowest BCUT2D eigenvalue weighted by molar-refractivity contribution is -0.128. The van der Waals surface area contributed by atoms with Crippen LogP contribution in [0.5, 0.6) is 0 Å². The van der Waals surface area contributed by atoms with Crippen molar-refractivity contribution in [3.63, 3.8) is 0 Å². The second-order valence-corrected chi connectivity index (χ2v) is 6.77. The maximum absolute atomic E-state index is 12.6. The molecule has 23 heavy (non-hydrogen) atoms. The predicted molar refractivity (Wildman–Crippen MR) is 83.4 cm³/mol. The molecule has 7 nitrogen and oxygen atoms in total. The number of ether oxygens (including phenoxy) is 1. The van der Waals surface area contributed by atoms with E-state index in [4.69, 9.17) is 9.57 Å². The van der Waals surface area contributed by atoms with E-state index in [1.165, 1.54) is 11.3 Å². The molecule has 2 fully saturated rings. The number of likely N-dealkylation sites (tertiary alicyclic amines) is 1. The summed E-state index contributed by atoms with van der Waals surface area (Å²) in [7, 11) is 0. The SMILES string of the molecule is O=C(C1=NO[C@@H]2CN(C(=O)c3cccs3)C[C@H]12)N1CCOCC1. The first-order valence-electron chi connectivity index (χ1n) is 7.67. The van der Waals surface area contributed by atoms with Gasteiger partial charge in [0.1, 0.15) is 0 Å². The van der Waals surface area contributed by atoms with Crippen molar-refractivity contribution in [1.82, 2.24) is 9.80 Å². The highest BCUT2D eigenvalue weighted by atomic mass is 32.1. The topological polar surface area (TPSA) is 71.4 Å². The van der Waals surface area contributed by atoms with Crippen molar-refractivity contribution in [3.8, 4) is 0 Å². The molecule has 3 aliphatic heterocycles. The van der Waals surface area contributed by atoms with E-state index in [2.05, 4.69) is 5.16 Å². The van der Waals surface area contributed by atoms with Crippen molar-refractivity contribution >= 4 is 28.9 Å². The molecule has 1 aromatic rings. The summed E-state index contributed by atoms with van der Waals surface area (Å²) in [4.78, 5) is 34.7. The van der Waals surface area contributed by atoms with Gasteiger partial charge in [-0.25, -0.2) is 0 Å². The van der Waals surface area contributed by atoms with Crippen molar-refractivity contribution in [3.05, 3.63) is 22.4 Å². The van der Waals surface area contributed by atoms with E-state index >= 15 is 0 Å². The van der Waals surface area contributed by atoms with Crippen LogP contribution in [0.3, 0.4) is 0 Å². The van der Waals surface area contributed by atoms with E-state index in [0.29, 0.717) is 50.0 Å². The fraction of sp³-hybridized carbons (Fsp3) is 0.533. The van der Waals surface area contributed by atoms with Gasteiger partial charge in [0.15, 0.2) is 11.8 Å². The molecule has 0 saturated carbocycles. The summed E-state index contributed by atoms with van der Waals surface area (Å²) in [5, 5.41) is 5.89. The van der Waals surface area contributed by atoms with E-state index in [1.54, 1.807) is 9.80 Å². The smallest absolute Gasteiger partial charge is 0.272 e. The summed E-state index contributed by atoms with van der Waals surface area (Å²) in [6.07, 6.45) is -0.209. The normalized spacial score (nSPS) is 26.7. The molecular formula is C15H17N3O4S. The van der Waals surface area contributed by atoms with Crippen molar-refractivity contribution in [2.45, 2.75) is 6.10 Å². The molecule has 0 aliphatic carbocycles. The molecule has 0 radical (unpaired) electrons. The van der Waals surface area contributed by atoms with Gasteiger partial charge < -0.3 is 19.4 Å². The summed E-state index contributed by atoms with van der Waals surface area (Å²) in [6, 6.07) is 3.68. The minimum absolute atomic E-state index is 0.00354. The van der Waals surface area contributed by atoms with Crippen LogP contribution in [0.25, 0.3) is 0 Å². The third-order valence-electron chi connectivity index (χ3n) is 4.44. The molecule has 0 spiro atoms. The standard InChI is InChI=1S/C15H17N3O4S/c19-14(12-2-1-7-23-12)18-8-10-11(9-18)22-16-13(10)15(20)17-3-5-21-6-4-17/h1-2,7,10-11H,3-6,8-9H2/t10-,11+/m0/s1. The number of hydrogen-bond donors (Lipinski definition) is 0. The third-order valence-corrected chi connectivity index (χ3v) is 5.30. The largest absolute Gasteiger partial charge is 0.389 e. The summed E-state index contributed by atoms with van der Waals surface area (Å²) in [5.74, 6) is -0.225. The molecule has 4 heterocycles. The lowest BCUT2D eigenvalue weighted by Crippen LogP contribution is -2.46. The molecule has 0 unspecified atom stereocenters. The van der Waals surface area contributed by atoms with Crippen molar-refractivity contribution in [2.75, 3.05) is 39.4 Å². The van der Waals surface area contributed by atoms with Gasteiger partial charge in [0.05, 0.1) is 30.6 Å². The van der Waals surface area contributed by atoms with Gasteiger partial charge in [-0.15, -0.1) is 11.3 Å². The van der Waals surface area contributed by atoms with Gasteiger partial charge in [-0.05, 0) is 11.4 Å². The zero-order valence-electron chi connectivity index (χ0n) is 12.5. The number of carbonyl (C=O) groups is 2. The number of amides is 2. The van der Waals surface area contributed by atoms with E-state index in [-0.39, 0.29) is 23.8 Å². The first-order chi connectivity index (χ1) is 11.2. The number of oxime groups is 1.